The Morgan fingerprint density at radius 3 is 2.65 bits per heavy atom. The second-order valence-electron chi connectivity index (χ2n) is 7.77. The van der Waals surface area contributed by atoms with E-state index in [-0.39, 0.29) is 11.8 Å². The molecule has 1 aromatic carbocycles. The van der Waals surface area contributed by atoms with Gasteiger partial charge in [0.25, 0.3) is 0 Å². The number of piperazine rings is 1. The highest BCUT2D eigenvalue weighted by Gasteiger charge is 2.19. The summed E-state index contributed by atoms with van der Waals surface area (Å²) >= 11 is 0. The molecule has 4 rings (SSSR count). The van der Waals surface area contributed by atoms with Gasteiger partial charge in [-0.3, -0.25) is 4.79 Å². The van der Waals surface area contributed by atoms with Crippen LogP contribution in [0, 0.1) is 12.7 Å². The number of amides is 1. The zero-order valence-electron chi connectivity index (χ0n) is 17.7. The molecule has 31 heavy (non-hydrogen) atoms. The van der Waals surface area contributed by atoms with Crippen LogP contribution in [-0.2, 0) is 4.79 Å². The van der Waals surface area contributed by atoms with Crippen molar-refractivity contribution in [1.29, 1.82) is 0 Å². The first-order valence-electron chi connectivity index (χ1n) is 10.2. The van der Waals surface area contributed by atoms with E-state index in [1.807, 2.05) is 12.1 Å². The van der Waals surface area contributed by atoms with Crippen molar-refractivity contribution < 1.29 is 9.18 Å². The normalized spacial score (nSPS) is 16.7. The standard InChI is InChI=1S/C22H26FN7O/c1-14-12-15(6-7-19(14)30-10-8-29(2)9-11-30)26-22-25-13-17(23)21(28-22)27-18-5-3-4-16(18)20(24)31/h4-7,12-13H,3,8-11H2,1-2H3,(H2,24,31)(H2,25,26,27,28). The third kappa shape index (κ3) is 4.66. The van der Waals surface area contributed by atoms with E-state index in [2.05, 4.69) is 50.4 Å². The van der Waals surface area contributed by atoms with Crippen LogP contribution in [0.2, 0.25) is 0 Å². The molecule has 0 unspecified atom stereocenters. The number of aryl methyl sites for hydroxylation is 1. The summed E-state index contributed by atoms with van der Waals surface area (Å²) in [4.78, 5) is 24.5. The third-order valence-corrected chi connectivity index (χ3v) is 5.49. The van der Waals surface area contributed by atoms with E-state index < -0.39 is 11.7 Å². The van der Waals surface area contributed by atoms with Gasteiger partial charge in [-0.25, -0.2) is 9.37 Å². The smallest absolute Gasteiger partial charge is 0.250 e. The number of allylic oxidation sites excluding steroid dienone is 2. The fourth-order valence-electron chi connectivity index (χ4n) is 3.77. The number of carbonyl (C=O) groups excluding carboxylic acids is 1. The van der Waals surface area contributed by atoms with Crippen LogP contribution < -0.4 is 21.3 Å². The molecule has 162 valence electrons. The lowest BCUT2D eigenvalue weighted by Crippen LogP contribution is -2.44. The van der Waals surface area contributed by atoms with Crippen LogP contribution in [0.3, 0.4) is 0 Å². The molecule has 1 saturated heterocycles. The zero-order chi connectivity index (χ0) is 22.0. The molecule has 1 amide bonds. The number of aromatic nitrogens is 2. The Morgan fingerprint density at radius 2 is 1.94 bits per heavy atom. The van der Waals surface area contributed by atoms with Crippen molar-refractivity contribution in [2.75, 3.05) is 48.8 Å². The van der Waals surface area contributed by atoms with Crippen molar-refractivity contribution in [3.63, 3.8) is 0 Å². The van der Waals surface area contributed by atoms with Crippen LogP contribution in [0.15, 0.2) is 47.8 Å². The van der Waals surface area contributed by atoms with E-state index in [0.717, 1.165) is 43.6 Å². The predicted octanol–water partition coefficient (Wildman–Crippen LogP) is 2.53. The molecule has 1 aromatic heterocycles. The molecule has 2 aromatic rings. The maximum atomic E-state index is 14.3. The quantitative estimate of drug-likeness (QED) is 0.657. The van der Waals surface area contributed by atoms with Gasteiger partial charge in [-0.15, -0.1) is 0 Å². The summed E-state index contributed by atoms with van der Waals surface area (Å²) in [6.45, 7) is 6.15. The van der Waals surface area contributed by atoms with Gasteiger partial charge < -0.3 is 26.2 Å². The highest BCUT2D eigenvalue weighted by Crippen LogP contribution is 2.27. The topological polar surface area (TPSA) is 99.4 Å². The van der Waals surface area contributed by atoms with Crippen molar-refractivity contribution in [3.05, 3.63) is 59.2 Å². The lowest BCUT2D eigenvalue weighted by atomic mass is 10.1. The van der Waals surface area contributed by atoms with Gasteiger partial charge in [0.1, 0.15) is 0 Å². The summed E-state index contributed by atoms with van der Waals surface area (Å²) in [6, 6.07) is 6.08. The van der Waals surface area contributed by atoms with Crippen LogP contribution >= 0.6 is 0 Å². The monoisotopic (exact) mass is 423 g/mol. The van der Waals surface area contributed by atoms with Gasteiger partial charge in [0.2, 0.25) is 11.9 Å². The first-order valence-corrected chi connectivity index (χ1v) is 10.2. The van der Waals surface area contributed by atoms with Gasteiger partial charge in [0, 0.05) is 43.3 Å². The van der Waals surface area contributed by atoms with Crippen molar-refractivity contribution in [2.45, 2.75) is 13.3 Å². The number of benzene rings is 1. The lowest BCUT2D eigenvalue weighted by Gasteiger charge is -2.35. The van der Waals surface area contributed by atoms with Crippen LogP contribution in [0.4, 0.5) is 27.5 Å². The Hall–Kier alpha value is -3.46. The molecule has 0 spiro atoms. The molecule has 9 heteroatoms. The molecule has 4 N–H and O–H groups in total. The molecule has 2 aliphatic rings. The lowest BCUT2D eigenvalue weighted by molar-refractivity contribution is -0.114. The fourth-order valence-corrected chi connectivity index (χ4v) is 3.77. The second kappa shape index (κ2) is 8.73. The number of anilines is 4. The second-order valence-corrected chi connectivity index (χ2v) is 7.77. The summed E-state index contributed by atoms with van der Waals surface area (Å²) in [5.74, 6) is -0.967. The number of rotatable bonds is 6. The van der Waals surface area contributed by atoms with Gasteiger partial charge >= 0.3 is 0 Å². The average molecular weight is 423 g/mol. The van der Waals surface area contributed by atoms with E-state index in [1.165, 1.54) is 5.69 Å². The van der Waals surface area contributed by atoms with Crippen LogP contribution in [0.5, 0.6) is 0 Å². The number of primary amides is 1. The maximum absolute atomic E-state index is 14.3. The highest BCUT2D eigenvalue weighted by atomic mass is 19.1. The molecule has 1 aliphatic heterocycles. The number of nitrogens with zero attached hydrogens (tertiary/aromatic N) is 4. The summed E-state index contributed by atoms with van der Waals surface area (Å²) in [6.07, 6.45) is 5.09. The first-order chi connectivity index (χ1) is 14.9. The van der Waals surface area contributed by atoms with E-state index >= 15 is 0 Å². The molecule has 2 heterocycles. The van der Waals surface area contributed by atoms with Crippen molar-refractivity contribution >= 4 is 29.0 Å². The summed E-state index contributed by atoms with van der Waals surface area (Å²) < 4.78 is 14.3. The summed E-state index contributed by atoms with van der Waals surface area (Å²) in [5, 5.41) is 5.98. The van der Waals surface area contributed by atoms with Gasteiger partial charge in [-0.05, 0) is 44.2 Å². The van der Waals surface area contributed by atoms with E-state index in [0.29, 0.717) is 17.7 Å². The van der Waals surface area contributed by atoms with Crippen molar-refractivity contribution in [3.8, 4) is 0 Å². The largest absolute Gasteiger partial charge is 0.369 e. The maximum Gasteiger partial charge on any atom is 0.250 e. The summed E-state index contributed by atoms with van der Waals surface area (Å²) in [7, 11) is 2.14. The summed E-state index contributed by atoms with van der Waals surface area (Å²) in [5.41, 5.74) is 9.30. The van der Waals surface area contributed by atoms with Crippen molar-refractivity contribution in [2.24, 2.45) is 5.73 Å². The van der Waals surface area contributed by atoms with E-state index in [4.69, 9.17) is 5.73 Å². The predicted molar refractivity (Wildman–Crippen MR) is 120 cm³/mol. The fraction of sp³-hybridized carbons (Fsp3) is 0.318. The van der Waals surface area contributed by atoms with Crippen LogP contribution in [0.25, 0.3) is 0 Å². The molecule has 0 bridgehead atoms. The number of carbonyl (C=O) groups is 1. The number of likely N-dealkylation sites (N-methyl/N-ethyl adjacent to an activating group) is 1. The van der Waals surface area contributed by atoms with Crippen LogP contribution in [0.1, 0.15) is 12.0 Å². The number of hydrogen-bond donors (Lipinski definition) is 3. The number of halogens is 1. The SMILES string of the molecule is Cc1cc(Nc2ncc(F)c(NC3=CCC=C3C(N)=O)n2)ccc1N1CCN(C)CC1. The Morgan fingerprint density at radius 1 is 1.16 bits per heavy atom. The Kier molecular flexibility index (Phi) is 5.85. The number of nitrogens with one attached hydrogen (secondary N) is 2. The molecule has 0 saturated carbocycles. The van der Waals surface area contributed by atoms with Crippen LogP contribution in [-0.4, -0.2) is 54.0 Å². The minimum Gasteiger partial charge on any atom is -0.369 e. The molecule has 1 fully saturated rings. The van der Waals surface area contributed by atoms with Gasteiger partial charge in [-0.2, -0.15) is 4.98 Å². The minimum absolute atomic E-state index is 0.0245. The molecule has 0 atom stereocenters. The molecule has 0 radical (unpaired) electrons. The zero-order valence-corrected chi connectivity index (χ0v) is 17.7. The Balaban J connectivity index is 1.48. The first kappa shape index (κ1) is 20.8. The highest BCUT2D eigenvalue weighted by molar-refractivity contribution is 5.98. The van der Waals surface area contributed by atoms with Gasteiger partial charge in [-0.1, -0.05) is 12.2 Å². The molecular formula is C22H26FN7O. The van der Waals surface area contributed by atoms with Crippen molar-refractivity contribution in [1.82, 2.24) is 14.9 Å². The Labute approximate surface area is 180 Å². The molecular weight excluding hydrogens is 397 g/mol. The van der Waals surface area contributed by atoms with Gasteiger partial charge in [0.05, 0.1) is 11.8 Å². The van der Waals surface area contributed by atoms with E-state index in [9.17, 15) is 9.18 Å². The number of nitrogens with two attached hydrogens (primary N) is 1. The molecule has 8 nitrogen and oxygen atoms in total. The minimum atomic E-state index is -0.622. The third-order valence-electron chi connectivity index (χ3n) is 5.49. The van der Waals surface area contributed by atoms with E-state index in [1.54, 1.807) is 12.2 Å². The van der Waals surface area contributed by atoms with Gasteiger partial charge in [0.15, 0.2) is 11.6 Å². The Bertz CT molecular complexity index is 1060. The average Bonchev–Trinajstić information content (AvgIpc) is 3.20. The number of hydrogen-bond acceptors (Lipinski definition) is 7. The molecule has 1 aliphatic carbocycles.